The van der Waals surface area contributed by atoms with Crippen molar-refractivity contribution < 1.29 is 14.1 Å². The molecule has 0 bridgehead atoms. The summed E-state index contributed by atoms with van der Waals surface area (Å²) in [5, 5.41) is 10.4. The summed E-state index contributed by atoms with van der Waals surface area (Å²) in [4.78, 5) is 9.64. The minimum absolute atomic E-state index is 0.232. The number of nitro benzene ring substituents is 1. The zero-order valence-corrected chi connectivity index (χ0v) is 7.07. The largest absolute Gasteiger partial charge is 0.491 e. The summed E-state index contributed by atoms with van der Waals surface area (Å²) in [5.74, 6) is -0.608. The summed E-state index contributed by atoms with van der Waals surface area (Å²) in [5.41, 5.74) is 5.51. The van der Waals surface area contributed by atoms with Crippen LogP contribution in [0.15, 0.2) is 12.1 Å². The number of halogens is 1. The van der Waals surface area contributed by atoms with Gasteiger partial charge < -0.3 is 10.5 Å². The first-order chi connectivity index (χ1) is 6.59. The van der Waals surface area contributed by atoms with Crippen LogP contribution in [0, 0.1) is 15.9 Å². The molecule has 1 atom stereocenters. The molecule has 1 aliphatic heterocycles. The van der Waals surface area contributed by atoms with Crippen LogP contribution < -0.4 is 10.5 Å². The maximum absolute atomic E-state index is 13.1. The molecule has 1 aromatic rings. The van der Waals surface area contributed by atoms with Crippen LogP contribution >= 0.6 is 0 Å². The minimum Gasteiger partial charge on any atom is -0.491 e. The normalized spacial score (nSPS) is 18.9. The lowest BCUT2D eigenvalue weighted by molar-refractivity contribution is -0.387. The van der Waals surface area contributed by atoms with E-state index in [1.54, 1.807) is 0 Å². The molecule has 0 unspecified atom stereocenters. The van der Waals surface area contributed by atoms with Gasteiger partial charge in [-0.25, -0.2) is 0 Å². The van der Waals surface area contributed by atoms with Gasteiger partial charge in [-0.3, -0.25) is 10.1 Å². The van der Waals surface area contributed by atoms with Crippen molar-refractivity contribution in [2.75, 3.05) is 6.61 Å². The summed E-state index contributed by atoms with van der Waals surface area (Å²) >= 11 is 0. The maximum atomic E-state index is 13.1. The lowest BCUT2D eigenvalue weighted by Gasteiger charge is -2.00. The molecule has 5 nitrogen and oxygen atoms in total. The van der Waals surface area contributed by atoms with Gasteiger partial charge in [-0.1, -0.05) is 0 Å². The van der Waals surface area contributed by atoms with E-state index >= 15 is 0 Å². The third-order valence-electron chi connectivity index (χ3n) is 2.09. The fourth-order valence-corrected chi connectivity index (χ4v) is 1.38. The summed E-state index contributed by atoms with van der Waals surface area (Å²) in [7, 11) is 0. The molecule has 2 N–H and O–H groups in total. The molecular weight excluding hydrogens is 191 g/mol. The van der Waals surface area contributed by atoms with Gasteiger partial charge in [0.1, 0.15) is 12.4 Å². The molecule has 0 saturated carbocycles. The van der Waals surface area contributed by atoms with E-state index in [-0.39, 0.29) is 6.61 Å². The van der Waals surface area contributed by atoms with Gasteiger partial charge in [0, 0.05) is 17.7 Å². The van der Waals surface area contributed by atoms with Gasteiger partial charge in [0.05, 0.1) is 11.0 Å². The van der Waals surface area contributed by atoms with Crippen LogP contribution in [-0.4, -0.2) is 11.5 Å². The molecule has 1 heterocycles. The van der Waals surface area contributed by atoms with Crippen molar-refractivity contribution in [1.82, 2.24) is 0 Å². The number of hydrogen-bond acceptors (Lipinski definition) is 4. The number of hydrogen-bond donors (Lipinski definition) is 1. The maximum Gasteiger partial charge on any atom is 0.305 e. The average Bonchev–Trinajstić information content (AvgIpc) is 2.46. The van der Waals surface area contributed by atoms with Crippen molar-refractivity contribution in [3.63, 3.8) is 0 Å². The van der Waals surface area contributed by atoms with Crippen LogP contribution in [0.5, 0.6) is 5.75 Å². The predicted octanol–water partition coefficient (Wildman–Crippen LogP) is 1.13. The lowest BCUT2D eigenvalue weighted by atomic mass is 10.1. The smallest absolute Gasteiger partial charge is 0.305 e. The summed E-state index contributed by atoms with van der Waals surface area (Å²) in [6.07, 6.45) is 0. The molecule has 1 aliphatic rings. The summed E-state index contributed by atoms with van der Waals surface area (Å²) < 4.78 is 18.1. The first-order valence-electron chi connectivity index (χ1n) is 3.96. The van der Waals surface area contributed by atoms with Crippen molar-refractivity contribution in [3.05, 3.63) is 33.6 Å². The highest BCUT2D eigenvalue weighted by Crippen LogP contribution is 2.35. The van der Waals surface area contributed by atoms with Crippen LogP contribution in [0.25, 0.3) is 0 Å². The number of rotatable bonds is 1. The number of benzene rings is 1. The highest BCUT2D eigenvalue weighted by Gasteiger charge is 2.26. The SMILES string of the molecule is N[C@H]1COc2cc(F)c([N+](=O)[O-])cc21. The molecule has 14 heavy (non-hydrogen) atoms. The number of nitrogens with two attached hydrogens (primary N) is 1. The van der Waals surface area contributed by atoms with Gasteiger partial charge in [-0.15, -0.1) is 0 Å². The average molecular weight is 198 g/mol. The van der Waals surface area contributed by atoms with Crippen LogP contribution in [-0.2, 0) is 0 Å². The summed E-state index contributed by atoms with van der Waals surface area (Å²) in [6, 6.07) is 1.71. The first kappa shape index (κ1) is 8.89. The van der Waals surface area contributed by atoms with E-state index in [1.807, 2.05) is 0 Å². The number of fused-ring (bicyclic) bond motifs is 1. The Balaban J connectivity index is 2.57. The number of nitro groups is 1. The van der Waals surface area contributed by atoms with E-state index in [2.05, 4.69) is 0 Å². The van der Waals surface area contributed by atoms with Crippen molar-refractivity contribution in [1.29, 1.82) is 0 Å². The quantitative estimate of drug-likeness (QED) is 0.541. The molecule has 0 fully saturated rings. The Kier molecular flexibility index (Phi) is 1.85. The van der Waals surface area contributed by atoms with E-state index < -0.39 is 22.5 Å². The fourth-order valence-electron chi connectivity index (χ4n) is 1.38. The standard InChI is InChI=1S/C8H7FN2O3/c9-5-2-8-4(6(10)3-14-8)1-7(5)11(12)13/h1-2,6H,3,10H2/t6-/m0/s1. The van der Waals surface area contributed by atoms with Crippen LogP contribution in [0.1, 0.15) is 11.6 Å². The zero-order valence-electron chi connectivity index (χ0n) is 7.07. The molecule has 6 heteroatoms. The molecule has 0 aromatic heterocycles. The van der Waals surface area contributed by atoms with Crippen molar-refractivity contribution in [2.45, 2.75) is 6.04 Å². The Morgan fingerprint density at radius 3 is 3.00 bits per heavy atom. The molecular formula is C8H7FN2O3. The van der Waals surface area contributed by atoms with E-state index in [9.17, 15) is 14.5 Å². The summed E-state index contributed by atoms with van der Waals surface area (Å²) in [6.45, 7) is 0.232. The second-order valence-corrected chi connectivity index (χ2v) is 3.02. The van der Waals surface area contributed by atoms with Gasteiger partial charge in [-0.05, 0) is 0 Å². The lowest BCUT2D eigenvalue weighted by Crippen LogP contribution is -2.11. The van der Waals surface area contributed by atoms with Gasteiger partial charge in [-0.2, -0.15) is 4.39 Å². The Morgan fingerprint density at radius 1 is 1.64 bits per heavy atom. The Morgan fingerprint density at radius 2 is 2.36 bits per heavy atom. The van der Waals surface area contributed by atoms with Crippen LogP contribution in [0.2, 0.25) is 0 Å². The number of nitrogens with zero attached hydrogens (tertiary/aromatic N) is 1. The highest BCUT2D eigenvalue weighted by atomic mass is 19.1. The molecule has 74 valence electrons. The van der Waals surface area contributed by atoms with Gasteiger partial charge in [0.2, 0.25) is 5.82 Å². The van der Waals surface area contributed by atoms with Gasteiger partial charge in [0.15, 0.2) is 0 Å². The van der Waals surface area contributed by atoms with Crippen molar-refractivity contribution in [2.24, 2.45) is 5.73 Å². The first-order valence-corrected chi connectivity index (χ1v) is 3.96. The fraction of sp³-hybridized carbons (Fsp3) is 0.250. The third-order valence-corrected chi connectivity index (χ3v) is 2.09. The monoisotopic (exact) mass is 198 g/mol. The van der Waals surface area contributed by atoms with E-state index in [0.717, 1.165) is 12.1 Å². The minimum atomic E-state index is -0.900. The second kappa shape index (κ2) is 2.91. The molecule has 0 aliphatic carbocycles. The molecule has 0 spiro atoms. The second-order valence-electron chi connectivity index (χ2n) is 3.02. The topological polar surface area (TPSA) is 78.4 Å². The van der Waals surface area contributed by atoms with Crippen molar-refractivity contribution in [3.8, 4) is 5.75 Å². The van der Waals surface area contributed by atoms with Crippen LogP contribution in [0.4, 0.5) is 10.1 Å². The van der Waals surface area contributed by atoms with Crippen molar-refractivity contribution >= 4 is 5.69 Å². The third kappa shape index (κ3) is 1.20. The van der Waals surface area contributed by atoms with Crippen LogP contribution in [0.3, 0.4) is 0 Å². The molecule has 0 saturated heterocycles. The molecule has 1 aromatic carbocycles. The Labute approximate surface area is 78.4 Å². The van der Waals surface area contributed by atoms with E-state index in [0.29, 0.717) is 11.3 Å². The highest BCUT2D eigenvalue weighted by molar-refractivity contribution is 5.48. The molecule has 2 rings (SSSR count). The van der Waals surface area contributed by atoms with E-state index in [4.69, 9.17) is 10.5 Å². The predicted molar refractivity (Wildman–Crippen MR) is 45.5 cm³/mol. The molecule has 0 radical (unpaired) electrons. The Bertz CT molecular complexity index is 408. The zero-order chi connectivity index (χ0) is 10.3. The number of ether oxygens (including phenoxy) is 1. The van der Waals surface area contributed by atoms with E-state index in [1.165, 1.54) is 0 Å². The Hall–Kier alpha value is -1.69. The van der Waals surface area contributed by atoms with Gasteiger partial charge >= 0.3 is 5.69 Å². The molecule has 0 amide bonds. The van der Waals surface area contributed by atoms with Gasteiger partial charge in [0.25, 0.3) is 0 Å².